The van der Waals surface area contributed by atoms with Crippen LogP contribution in [0, 0.1) is 0 Å². The summed E-state index contributed by atoms with van der Waals surface area (Å²) in [7, 11) is -2.09. The Balaban J connectivity index is 2.30. The highest BCUT2D eigenvalue weighted by Gasteiger charge is 2.22. The lowest BCUT2D eigenvalue weighted by atomic mass is 10.2. The van der Waals surface area contributed by atoms with Crippen LogP contribution in [0.3, 0.4) is 0 Å². The Bertz CT molecular complexity index is 765. The molecule has 0 heterocycles. The molecule has 0 saturated carbocycles. The van der Waals surface area contributed by atoms with Gasteiger partial charge in [-0.15, -0.1) is 0 Å². The van der Waals surface area contributed by atoms with E-state index >= 15 is 0 Å². The van der Waals surface area contributed by atoms with Crippen LogP contribution in [0.15, 0.2) is 51.8 Å². The third-order valence-corrected chi connectivity index (χ3v) is 5.89. The van der Waals surface area contributed by atoms with Gasteiger partial charge in [0.25, 0.3) is 0 Å². The molecule has 0 bridgehead atoms. The number of halogens is 2. The van der Waals surface area contributed by atoms with Gasteiger partial charge in [-0.25, -0.2) is 8.42 Å². The van der Waals surface area contributed by atoms with Crippen molar-refractivity contribution in [3.8, 4) is 0 Å². The summed E-state index contributed by atoms with van der Waals surface area (Å²) in [5.41, 5.74) is 6.92. The van der Waals surface area contributed by atoms with Gasteiger partial charge >= 0.3 is 0 Å². The Morgan fingerprint density at radius 2 is 1.90 bits per heavy atom. The second kappa shape index (κ2) is 6.36. The number of benzene rings is 2. The van der Waals surface area contributed by atoms with Crippen molar-refractivity contribution in [2.75, 3.05) is 12.8 Å². The minimum atomic E-state index is -3.60. The molecule has 2 aromatic rings. The average Bonchev–Trinajstić information content (AvgIpc) is 2.44. The van der Waals surface area contributed by atoms with Crippen molar-refractivity contribution in [2.24, 2.45) is 0 Å². The fourth-order valence-electron chi connectivity index (χ4n) is 1.80. The first-order valence-corrected chi connectivity index (χ1v) is 8.68. The Hall–Kier alpha value is -1.08. The smallest absolute Gasteiger partial charge is 0.243 e. The maximum atomic E-state index is 12.5. The number of nitrogens with zero attached hydrogens (tertiary/aromatic N) is 1. The Kier molecular flexibility index (Phi) is 4.93. The third-order valence-electron chi connectivity index (χ3n) is 3.03. The van der Waals surface area contributed by atoms with Crippen LogP contribution in [0.2, 0.25) is 5.02 Å². The van der Waals surface area contributed by atoms with Crippen LogP contribution in [0.5, 0.6) is 0 Å². The zero-order valence-electron chi connectivity index (χ0n) is 11.3. The molecule has 0 spiro atoms. The van der Waals surface area contributed by atoms with E-state index in [-0.39, 0.29) is 11.4 Å². The van der Waals surface area contributed by atoms with E-state index in [0.717, 1.165) is 5.56 Å². The molecule has 0 saturated heterocycles. The fraction of sp³-hybridized carbons (Fsp3) is 0.143. The lowest BCUT2D eigenvalue weighted by molar-refractivity contribution is 0.467. The van der Waals surface area contributed by atoms with Crippen molar-refractivity contribution in [1.29, 1.82) is 0 Å². The second-order valence-corrected chi connectivity index (χ2v) is 7.84. The van der Waals surface area contributed by atoms with Crippen molar-refractivity contribution < 1.29 is 8.42 Å². The van der Waals surface area contributed by atoms with Gasteiger partial charge in [-0.1, -0.05) is 29.8 Å². The van der Waals surface area contributed by atoms with Gasteiger partial charge in [-0.05, 0) is 45.8 Å². The van der Waals surface area contributed by atoms with Crippen molar-refractivity contribution in [3.05, 3.63) is 57.5 Å². The molecule has 0 atom stereocenters. The van der Waals surface area contributed by atoms with Gasteiger partial charge in [0.05, 0.1) is 4.90 Å². The first kappa shape index (κ1) is 16.3. The zero-order valence-corrected chi connectivity index (χ0v) is 14.4. The minimum Gasteiger partial charge on any atom is -0.398 e. The van der Waals surface area contributed by atoms with E-state index < -0.39 is 10.0 Å². The number of rotatable bonds is 4. The normalized spacial score (nSPS) is 11.8. The maximum Gasteiger partial charge on any atom is 0.243 e. The van der Waals surface area contributed by atoms with E-state index in [9.17, 15) is 8.42 Å². The average molecular weight is 390 g/mol. The maximum absolute atomic E-state index is 12.5. The van der Waals surface area contributed by atoms with Crippen LogP contribution >= 0.6 is 27.5 Å². The van der Waals surface area contributed by atoms with Gasteiger partial charge in [0.2, 0.25) is 10.0 Å². The molecule has 0 fully saturated rings. The lowest BCUT2D eigenvalue weighted by Crippen LogP contribution is -2.26. The highest BCUT2D eigenvalue weighted by Crippen LogP contribution is 2.26. The van der Waals surface area contributed by atoms with E-state index in [1.807, 2.05) is 6.07 Å². The Morgan fingerprint density at radius 1 is 1.24 bits per heavy atom. The van der Waals surface area contributed by atoms with E-state index in [1.165, 1.54) is 23.5 Å². The number of sulfonamides is 1. The van der Waals surface area contributed by atoms with Crippen molar-refractivity contribution in [1.82, 2.24) is 4.31 Å². The number of nitrogens with two attached hydrogens (primary N) is 1. The molecular formula is C14H14BrClN2O2S. The molecule has 0 aliphatic heterocycles. The Labute approximate surface area is 137 Å². The number of anilines is 1. The van der Waals surface area contributed by atoms with E-state index in [4.69, 9.17) is 17.3 Å². The van der Waals surface area contributed by atoms with E-state index in [0.29, 0.717) is 15.2 Å². The number of hydrogen-bond acceptors (Lipinski definition) is 3. The van der Waals surface area contributed by atoms with Crippen molar-refractivity contribution >= 4 is 43.2 Å². The van der Waals surface area contributed by atoms with Crippen molar-refractivity contribution in [3.63, 3.8) is 0 Å². The highest BCUT2D eigenvalue weighted by molar-refractivity contribution is 9.10. The summed E-state index contributed by atoms with van der Waals surface area (Å²) in [5.74, 6) is 0. The summed E-state index contributed by atoms with van der Waals surface area (Å²) in [5, 5.41) is 0.540. The first-order chi connectivity index (χ1) is 9.82. The molecule has 7 heteroatoms. The summed E-state index contributed by atoms with van der Waals surface area (Å²) in [6.07, 6.45) is 0. The molecule has 2 rings (SSSR count). The van der Waals surface area contributed by atoms with Gasteiger partial charge in [0.1, 0.15) is 0 Å². The van der Waals surface area contributed by atoms with Crippen LogP contribution in [0.25, 0.3) is 0 Å². The first-order valence-electron chi connectivity index (χ1n) is 6.07. The van der Waals surface area contributed by atoms with Gasteiger partial charge in [-0.3, -0.25) is 0 Å². The molecule has 0 radical (unpaired) electrons. The van der Waals surface area contributed by atoms with Gasteiger partial charge in [0, 0.05) is 28.8 Å². The van der Waals surface area contributed by atoms with Crippen LogP contribution in [0.1, 0.15) is 5.56 Å². The van der Waals surface area contributed by atoms with Gasteiger partial charge < -0.3 is 5.73 Å². The molecule has 4 nitrogen and oxygen atoms in total. The molecule has 21 heavy (non-hydrogen) atoms. The summed E-state index contributed by atoms with van der Waals surface area (Å²) in [6.45, 7) is 0.198. The van der Waals surface area contributed by atoms with Crippen LogP contribution < -0.4 is 5.73 Å². The molecule has 0 unspecified atom stereocenters. The molecule has 0 aliphatic rings. The number of hydrogen-bond donors (Lipinski definition) is 1. The number of nitrogen functional groups attached to an aromatic ring is 1. The summed E-state index contributed by atoms with van der Waals surface area (Å²) in [4.78, 5) is 0.179. The molecule has 2 N–H and O–H groups in total. The SMILES string of the molecule is CN(Cc1ccccc1Cl)S(=O)(=O)c1ccc(N)c(Br)c1. The van der Waals surface area contributed by atoms with E-state index in [2.05, 4.69) is 15.9 Å². The highest BCUT2D eigenvalue weighted by atomic mass is 79.9. The van der Waals surface area contributed by atoms with E-state index in [1.54, 1.807) is 24.3 Å². The van der Waals surface area contributed by atoms with Gasteiger partial charge in [0.15, 0.2) is 0 Å². The molecular weight excluding hydrogens is 376 g/mol. The minimum absolute atomic E-state index is 0.179. The predicted octanol–water partition coefficient (Wildman–Crippen LogP) is 3.51. The van der Waals surface area contributed by atoms with Crippen LogP contribution in [0.4, 0.5) is 5.69 Å². The summed E-state index contributed by atoms with van der Waals surface area (Å²) < 4.78 is 26.9. The molecule has 0 aromatic heterocycles. The molecule has 0 aliphatic carbocycles. The van der Waals surface area contributed by atoms with Gasteiger partial charge in [-0.2, -0.15) is 4.31 Å². The van der Waals surface area contributed by atoms with Crippen molar-refractivity contribution in [2.45, 2.75) is 11.4 Å². The zero-order chi connectivity index (χ0) is 15.6. The molecule has 0 amide bonds. The summed E-state index contributed by atoms with van der Waals surface area (Å²) in [6, 6.07) is 11.7. The fourth-order valence-corrected chi connectivity index (χ4v) is 3.70. The lowest BCUT2D eigenvalue weighted by Gasteiger charge is -2.18. The van der Waals surface area contributed by atoms with Crippen LogP contribution in [-0.2, 0) is 16.6 Å². The third kappa shape index (κ3) is 3.58. The molecule has 2 aromatic carbocycles. The monoisotopic (exact) mass is 388 g/mol. The quantitative estimate of drug-likeness (QED) is 0.814. The largest absolute Gasteiger partial charge is 0.398 e. The second-order valence-electron chi connectivity index (χ2n) is 4.54. The predicted molar refractivity (Wildman–Crippen MR) is 88.7 cm³/mol. The standard InChI is InChI=1S/C14H14BrClN2O2S/c1-18(9-10-4-2-3-5-13(10)16)21(19,20)11-6-7-14(17)12(15)8-11/h2-8H,9,17H2,1H3. The Morgan fingerprint density at radius 3 is 2.52 bits per heavy atom. The summed E-state index contributed by atoms with van der Waals surface area (Å²) >= 11 is 9.30. The van der Waals surface area contributed by atoms with Crippen LogP contribution in [-0.4, -0.2) is 19.8 Å². The topological polar surface area (TPSA) is 63.4 Å². The molecule has 112 valence electrons.